The molecule has 1 heterocycles. The average Bonchev–Trinajstić information content (AvgIpc) is 2.15. The van der Waals surface area contributed by atoms with Gasteiger partial charge in [0.2, 0.25) is 21.8 Å². The summed E-state index contributed by atoms with van der Waals surface area (Å²) in [6.07, 6.45) is 1.98. The number of rotatable bonds is 2. The third kappa shape index (κ3) is 3.80. The minimum atomic E-state index is -3.48. The first-order valence-corrected chi connectivity index (χ1v) is 6.96. The van der Waals surface area contributed by atoms with E-state index in [2.05, 4.69) is 0 Å². The Balaban J connectivity index is 2.48. The summed E-state index contributed by atoms with van der Waals surface area (Å²) in [7, 11) is -3.48. The van der Waals surface area contributed by atoms with Crippen LogP contribution in [0, 0.1) is 5.92 Å². The number of likely N-dealkylation sites (tertiary alicyclic amines) is 1. The molecule has 0 atom stereocenters. The van der Waals surface area contributed by atoms with Gasteiger partial charge in [0, 0.05) is 25.9 Å². The second kappa shape index (κ2) is 4.82. The quantitative estimate of drug-likeness (QED) is 0.702. The fourth-order valence-corrected chi connectivity index (χ4v) is 2.25. The van der Waals surface area contributed by atoms with E-state index in [0.717, 1.165) is 6.26 Å². The van der Waals surface area contributed by atoms with Gasteiger partial charge < -0.3 is 4.90 Å². The van der Waals surface area contributed by atoms with Crippen molar-refractivity contribution in [3.8, 4) is 0 Å². The Morgan fingerprint density at radius 3 is 2.12 bits per heavy atom. The molecule has 0 spiro atoms. The van der Waals surface area contributed by atoms with E-state index in [-0.39, 0.29) is 11.8 Å². The van der Waals surface area contributed by atoms with Crippen LogP contribution in [-0.2, 0) is 19.6 Å². The molecule has 6 nitrogen and oxygen atoms in total. The van der Waals surface area contributed by atoms with Crippen LogP contribution < -0.4 is 4.72 Å². The van der Waals surface area contributed by atoms with E-state index >= 15 is 0 Å². The van der Waals surface area contributed by atoms with Gasteiger partial charge in [-0.15, -0.1) is 0 Å². The van der Waals surface area contributed by atoms with E-state index in [0.29, 0.717) is 25.9 Å². The molecule has 1 N–H and O–H groups in total. The van der Waals surface area contributed by atoms with Crippen molar-refractivity contribution < 1.29 is 18.0 Å². The molecule has 1 saturated heterocycles. The Bertz CT molecular complexity index is 382. The first kappa shape index (κ1) is 13.0. The molecule has 0 radical (unpaired) electrons. The molecule has 16 heavy (non-hydrogen) atoms. The van der Waals surface area contributed by atoms with Crippen molar-refractivity contribution in [3.05, 3.63) is 0 Å². The lowest BCUT2D eigenvalue weighted by molar-refractivity contribution is -0.133. The topological polar surface area (TPSA) is 83.6 Å². The van der Waals surface area contributed by atoms with Crippen LogP contribution in [0.2, 0.25) is 0 Å². The number of amides is 2. The Kier molecular flexibility index (Phi) is 3.90. The molecule has 1 aliphatic rings. The van der Waals surface area contributed by atoms with E-state index in [1.165, 1.54) is 6.92 Å². The van der Waals surface area contributed by atoms with Crippen molar-refractivity contribution in [2.45, 2.75) is 19.8 Å². The van der Waals surface area contributed by atoms with Crippen molar-refractivity contribution in [3.63, 3.8) is 0 Å². The molecule has 0 aromatic heterocycles. The van der Waals surface area contributed by atoms with Gasteiger partial charge in [0.1, 0.15) is 0 Å². The highest BCUT2D eigenvalue weighted by atomic mass is 32.2. The predicted octanol–water partition coefficient (Wildman–Crippen LogP) is -0.679. The molecular weight excluding hydrogens is 232 g/mol. The summed E-state index contributed by atoms with van der Waals surface area (Å²) in [6.45, 7) is 2.51. The van der Waals surface area contributed by atoms with Gasteiger partial charge >= 0.3 is 0 Å². The van der Waals surface area contributed by atoms with Crippen molar-refractivity contribution >= 4 is 21.8 Å². The number of piperidine rings is 1. The summed E-state index contributed by atoms with van der Waals surface area (Å²) in [4.78, 5) is 24.2. The molecule has 1 aliphatic heterocycles. The highest BCUT2D eigenvalue weighted by molar-refractivity contribution is 7.89. The van der Waals surface area contributed by atoms with E-state index in [1.807, 2.05) is 4.72 Å². The van der Waals surface area contributed by atoms with Crippen molar-refractivity contribution in [2.75, 3.05) is 19.3 Å². The maximum absolute atomic E-state index is 11.5. The minimum absolute atomic E-state index is 0.0121. The van der Waals surface area contributed by atoms with Gasteiger partial charge in [-0.25, -0.2) is 8.42 Å². The molecular formula is C9H16N2O4S. The highest BCUT2D eigenvalue weighted by Gasteiger charge is 2.27. The maximum atomic E-state index is 11.5. The Morgan fingerprint density at radius 1 is 1.25 bits per heavy atom. The molecule has 2 amide bonds. The summed E-state index contributed by atoms with van der Waals surface area (Å²) in [5, 5.41) is 0. The molecule has 0 aliphatic carbocycles. The number of nitrogens with zero attached hydrogens (tertiary/aromatic N) is 1. The van der Waals surface area contributed by atoms with Crippen LogP contribution in [0.15, 0.2) is 0 Å². The number of sulfonamides is 1. The Labute approximate surface area is 95.0 Å². The number of hydrogen-bond acceptors (Lipinski definition) is 4. The largest absolute Gasteiger partial charge is 0.343 e. The van der Waals surface area contributed by atoms with Crippen molar-refractivity contribution in [1.29, 1.82) is 0 Å². The normalized spacial score (nSPS) is 18.2. The highest BCUT2D eigenvalue weighted by Crippen LogP contribution is 2.17. The number of nitrogens with one attached hydrogen (secondary N) is 1. The second-order valence-electron chi connectivity index (χ2n) is 4.02. The fraction of sp³-hybridized carbons (Fsp3) is 0.778. The third-order valence-corrected chi connectivity index (χ3v) is 3.17. The molecule has 0 unspecified atom stereocenters. The van der Waals surface area contributed by atoms with Gasteiger partial charge in [0.05, 0.1) is 6.26 Å². The van der Waals surface area contributed by atoms with Gasteiger partial charge in [-0.3, -0.25) is 14.3 Å². The van der Waals surface area contributed by atoms with Gasteiger partial charge in [-0.05, 0) is 12.8 Å². The van der Waals surface area contributed by atoms with Crippen molar-refractivity contribution in [1.82, 2.24) is 9.62 Å². The zero-order chi connectivity index (χ0) is 12.3. The number of hydrogen-bond donors (Lipinski definition) is 1. The average molecular weight is 248 g/mol. The zero-order valence-electron chi connectivity index (χ0n) is 9.39. The molecule has 0 aromatic rings. The molecule has 7 heteroatoms. The molecule has 92 valence electrons. The predicted molar refractivity (Wildman–Crippen MR) is 58.0 cm³/mol. The van der Waals surface area contributed by atoms with E-state index < -0.39 is 15.9 Å². The number of carbonyl (C=O) groups excluding carboxylic acids is 2. The monoisotopic (exact) mass is 248 g/mol. The third-order valence-electron chi connectivity index (χ3n) is 2.60. The standard InChI is InChI=1S/C9H16N2O4S/c1-7(12)11-5-3-8(4-6-11)9(13)10-16(2,14)15/h8H,3-6H2,1-2H3,(H,10,13). The Hall–Kier alpha value is -1.11. The first-order chi connectivity index (χ1) is 7.29. The molecule has 0 saturated carbocycles. The van der Waals surface area contributed by atoms with Crippen LogP contribution >= 0.6 is 0 Å². The van der Waals surface area contributed by atoms with E-state index in [9.17, 15) is 18.0 Å². The van der Waals surface area contributed by atoms with Crippen LogP contribution in [-0.4, -0.2) is 44.5 Å². The van der Waals surface area contributed by atoms with Crippen molar-refractivity contribution in [2.24, 2.45) is 5.92 Å². The van der Waals surface area contributed by atoms with Gasteiger partial charge in [0.25, 0.3) is 0 Å². The summed E-state index contributed by atoms with van der Waals surface area (Å²) < 4.78 is 23.7. The lowest BCUT2D eigenvalue weighted by Crippen LogP contribution is -2.43. The molecule has 0 bridgehead atoms. The summed E-state index contributed by atoms with van der Waals surface area (Å²) in [5.74, 6) is -0.794. The lowest BCUT2D eigenvalue weighted by atomic mass is 9.96. The summed E-state index contributed by atoms with van der Waals surface area (Å²) in [5.41, 5.74) is 0. The lowest BCUT2D eigenvalue weighted by Gasteiger charge is -2.30. The van der Waals surface area contributed by atoms with Crippen LogP contribution in [0.25, 0.3) is 0 Å². The number of carbonyl (C=O) groups is 2. The van der Waals surface area contributed by atoms with E-state index in [1.54, 1.807) is 4.90 Å². The SMILES string of the molecule is CC(=O)N1CCC(C(=O)NS(C)(=O)=O)CC1. The van der Waals surface area contributed by atoms with Crippen LogP contribution in [0.5, 0.6) is 0 Å². The molecule has 1 fully saturated rings. The van der Waals surface area contributed by atoms with Crippen LogP contribution in [0.4, 0.5) is 0 Å². The fourth-order valence-electron chi connectivity index (χ4n) is 1.72. The van der Waals surface area contributed by atoms with Crippen LogP contribution in [0.3, 0.4) is 0 Å². The van der Waals surface area contributed by atoms with Gasteiger partial charge in [-0.2, -0.15) is 0 Å². The van der Waals surface area contributed by atoms with Gasteiger partial charge in [0.15, 0.2) is 0 Å². The minimum Gasteiger partial charge on any atom is -0.343 e. The maximum Gasteiger partial charge on any atom is 0.236 e. The first-order valence-electron chi connectivity index (χ1n) is 5.07. The second-order valence-corrected chi connectivity index (χ2v) is 5.77. The summed E-state index contributed by atoms with van der Waals surface area (Å²) >= 11 is 0. The molecule has 1 rings (SSSR count). The van der Waals surface area contributed by atoms with Gasteiger partial charge in [-0.1, -0.05) is 0 Å². The molecule has 0 aromatic carbocycles. The Morgan fingerprint density at radius 2 is 1.75 bits per heavy atom. The smallest absolute Gasteiger partial charge is 0.236 e. The zero-order valence-corrected chi connectivity index (χ0v) is 10.2. The van der Waals surface area contributed by atoms with Crippen LogP contribution in [0.1, 0.15) is 19.8 Å². The van der Waals surface area contributed by atoms with E-state index in [4.69, 9.17) is 0 Å². The summed E-state index contributed by atoms with van der Waals surface area (Å²) in [6, 6.07) is 0.